The number of rotatable bonds is 18. The van der Waals surface area contributed by atoms with Crippen LogP contribution >= 0.6 is 0 Å². The Bertz CT molecular complexity index is 234. The molecular formula is C22H46O2. The minimum atomic E-state index is 0.00282. The van der Waals surface area contributed by atoms with Gasteiger partial charge in [-0.1, -0.05) is 65.7 Å². The summed E-state index contributed by atoms with van der Waals surface area (Å²) in [5.74, 6) is 0.657. The van der Waals surface area contributed by atoms with Gasteiger partial charge >= 0.3 is 0 Å². The minimum Gasteiger partial charge on any atom is -0.381 e. The third-order valence-electron chi connectivity index (χ3n) is 5.05. The molecule has 0 fully saturated rings. The van der Waals surface area contributed by atoms with Gasteiger partial charge in [0.25, 0.3) is 0 Å². The Hall–Kier alpha value is -0.0800. The van der Waals surface area contributed by atoms with Crippen molar-refractivity contribution in [1.29, 1.82) is 0 Å². The van der Waals surface area contributed by atoms with Crippen molar-refractivity contribution in [2.75, 3.05) is 19.8 Å². The largest absolute Gasteiger partial charge is 0.381 e. The molecule has 0 saturated carbocycles. The van der Waals surface area contributed by atoms with Crippen molar-refractivity contribution in [3.05, 3.63) is 0 Å². The lowest BCUT2D eigenvalue weighted by atomic mass is 9.82. The molecule has 0 N–H and O–H groups in total. The fourth-order valence-corrected chi connectivity index (χ4v) is 3.27. The third-order valence-corrected chi connectivity index (χ3v) is 5.05. The van der Waals surface area contributed by atoms with E-state index in [9.17, 15) is 0 Å². The maximum absolute atomic E-state index is 6.19. The molecule has 0 aromatic heterocycles. The van der Waals surface area contributed by atoms with Gasteiger partial charge in [0.05, 0.1) is 5.60 Å². The summed E-state index contributed by atoms with van der Waals surface area (Å²) in [5.41, 5.74) is 0.00282. The van der Waals surface area contributed by atoms with Crippen molar-refractivity contribution in [1.82, 2.24) is 0 Å². The van der Waals surface area contributed by atoms with Gasteiger partial charge in [-0.15, -0.1) is 0 Å². The van der Waals surface area contributed by atoms with Crippen LogP contribution in [0.2, 0.25) is 0 Å². The summed E-state index contributed by atoms with van der Waals surface area (Å²) in [6.07, 6.45) is 15.5. The highest BCUT2D eigenvalue weighted by Gasteiger charge is 2.29. The fraction of sp³-hybridized carbons (Fsp3) is 1.00. The van der Waals surface area contributed by atoms with Gasteiger partial charge in [-0.25, -0.2) is 0 Å². The predicted molar refractivity (Wildman–Crippen MR) is 107 cm³/mol. The van der Waals surface area contributed by atoms with E-state index in [0.717, 1.165) is 26.2 Å². The molecule has 1 unspecified atom stereocenters. The molecule has 0 aromatic carbocycles. The van der Waals surface area contributed by atoms with Crippen LogP contribution < -0.4 is 0 Å². The summed E-state index contributed by atoms with van der Waals surface area (Å²) in [7, 11) is 0. The second-order valence-electron chi connectivity index (χ2n) is 7.81. The Morgan fingerprint density at radius 2 is 1.21 bits per heavy atom. The van der Waals surface area contributed by atoms with Crippen molar-refractivity contribution < 1.29 is 9.47 Å². The molecule has 0 amide bonds. The molecule has 0 rings (SSSR count). The molecule has 24 heavy (non-hydrogen) atoms. The summed E-state index contributed by atoms with van der Waals surface area (Å²) in [6, 6.07) is 0. The second-order valence-corrected chi connectivity index (χ2v) is 7.81. The second kappa shape index (κ2) is 16.4. The van der Waals surface area contributed by atoms with Gasteiger partial charge in [0.1, 0.15) is 0 Å². The van der Waals surface area contributed by atoms with Crippen LogP contribution in [-0.2, 0) is 9.47 Å². The Morgan fingerprint density at radius 3 is 1.88 bits per heavy atom. The third kappa shape index (κ3) is 13.2. The molecule has 1 atom stereocenters. The molecule has 146 valence electrons. The molecular weight excluding hydrogens is 296 g/mol. The van der Waals surface area contributed by atoms with Gasteiger partial charge in [0, 0.05) is 19.8 Å². The zero-order chi connectivity index (χ0) is 18.1. The molecule has 0 heterocycles. The van der Waals surface area contributed by atoms with Crippen LogP contribution in [0.4, 0.5) is 0 Å². The number of hydrogen-bond donors (Lipinski definition) is 0. The van der Waals surface area contributed by atoms with Crippen molar-refractivity contribution >= 4 is 0 Å². The summed E-state index contributed by atoms with van der Waals surface area (Å²) >= 11 is 0. The van der Waals surface area contributed by atoms with Crippen molar-refractivity contribution in [3.63, 3.8) is 0 Å². The van der Waals surface area contributed by atoms with Crippen LogP contribution in [0.25, 0.3) is 0 Å². The topological polar surface area (TPSA) is 18.5 Å². The summed E-state index contributed by atoms with van der Waals surface area (Å²) in [5, 5.41) is 0. The van der Waals surface area contributed by atoms with Crippen molar-refractivity contribution in [3.8, 4) is 0 Å². The van der Waals surface area contributed by atoms with E-state index in [1.807, 2.05) is 0 Å². The van der Waals surface area contributed by atoms with Crippen molar-refractivity contribution in [2.45, 2.75) is 117 Å². The average molecular weight is 343 g/mol. The van der Waals surface area contributed by atoms with Gasteiger partial charge in [-0.3, -0.25) is 0 Å². The molecule has 0 aromatic rings. The molecule has 0 spiro atoms. The molecule has 0 aliphatic carbocycles. The van der Waals surface area contributed by atoms with E-state index in [0.29, 0.717) is 5.92 Å². The van der Waals surface area contributed by atoms with E-state index in [1.165, 1.54) is 70.6 Å². The van der Waals surface area contributed by atoms with E-state index in [2.05, 4.69) is 34.6 Å². The first-order chi connectivity index (χ1) is 11.6. The van der Waals surface area contributed by atoms with Gasteiger partial charge in [-0.2, -0.15) is 0 Å². The van der Waals surface area contributed by atoms with E-state index >= 15 is 0 Å². The maximum atomic E-state index is 6.19. The van der Waals surface area contributed by atoms with Gasteiger partial charge in [0.2, 0.25) is 0 Å². The molecule has 0 saturated heterocycles. The number of ether oxygens (including phenoxy) is 2. The Morgan fingerprint density at radius 1 is 0.625 bits per heavy atom. The van der Waals surface area contributed by atoms with Crippen LogP contribution in [0.5, 0.6) is 0 Å². The first kappa shape index (κ1) is 23.9. The summed E-state index contributed by atoms with van der Waals surface area (Å²) in [6.45, 7) is 14.0. The number of hydrogen-bond acceptors (Lipinski definition) is 2. The van der Waals surface area contributed by atoms with Crippen LogP contribution in [0.15, 0.2) is 0 Å². The predicted octanol–water partition coefficient (Wildman–Crippen LogP) is 7.16. The summed E-state index contributed by atoms with van der Waals surface area (Å²) < 4.78 is 11.9. The smallest absolute Gasteiger partial charge is 0.0654 e. The Labute approximate surface area is 153 Å². The van der Waals surface area contributed by atoms with Gasteiger partial charge in [-0.05, 0) is 51.9 Å². The van der Waals surface area contributed by atoms with E-state index in [1.54, 1.807) is 0 Å². The van der Waals surface area contributed by atoms with Gasteiger partial charge in [0.15, 0.2) is 0 Å². The van der Waals surface area contributed by atoms with E-state index in [-0.39, 0.29) is 5.60 Å². The first-order valence-electron chi connectivity index (χ1n) is 10.8. The van der Waals surface area contributed by atoms with Crippen LogP contribution in [0.3, 0.4) is 0 Å². The quantitative estimate of drug-likeness (QED) is 0.246. The zero-order valence-corrected chi connectivity index (χ0v) is 17.5. The first-order valence-corrected chi connectivity index (χ1v) is 10.8. The molecule has 0 bridgehead atoms. The SMILES string of the molecule is CCCCCCCCC(CCCOCCCC)C(C)(C)OCCC. The van der Waals surface area contributed by atoms with Crippen molar-refractivity contribution in [2.24, 2.45) is 5.92 Å². The van der Waals surface area contributed by atoms with Gasteiger partial charge < -0.3 is 9.47 Å². The lowest BCUT2D eigenvalue weighted by Crippen LogP contribution is -2.35. The highest BCUT2D eigenvalue weighted by molar-refractivity contribution is 4.80. The van der Waals surface area contributed by atoms with Crippen LogP contribution in [0, 0.1) is 5.92 Å². The monoisotopic (exact) mass is 342 g/mol. The lowest BCUT2D eigenvalue weighted by molar-refractivity contribution is -0.0671. The van der Waals surface area contributed by atoms with Crippen LogP contribution in [0.1, 0.15) is 112 Å². The summed E-state index contributed by atoms with van der Waals surface area (Å²) in [4.78, 5) is 0. The molecule has 0 aliphatic heterocycles. The zero-order valence-electron chi connectivity index (χ0n) is 17.5. The highest BCUT2D eigenvalue weighted by atomic mass is 16.5. The standard InChI is InChI=1S/C22H46O2/c1-6-9-11-12-13-14-16-21(22(4,5)24-18-8-3)17-15-20-23-19-10-7-2/h21H,6-20H2,1-5H3. The Kier molecular flexibility index (Phi) is 16.3. The molecule has 2 heteroatoms. The number of unbranched alkanes of at least 4 members (excludes halogenated alkanes) is 6. The van der Waals surface area contributed by atoms with E-state index in [4.69, 9.17) is 9.47 Å². The average Bonchev–Trinajstić information content (AvgIpc) is 2.57. The normalized spacial score (nSPS) is 13.4. The molecule has 0 radical (unpaired) electrons. The highest BCUT2D eigenvalue weighted by Crippen LogP contribution is 2.31. The minimum absolute atomic E-state index is 0.00282. The lowest BCUT2D eigenvalue weighted by Gasteiger charge is -2.35. The molecule has 2 nitrogen and oxygen atoms in total. The van der Waals surface area contributed by atoms with Crippen LogP contribution in [-0.4, -0.2) is 25.4 Å². The maximum Gasteiger partial charge on any atom is 0.0654 e. The van der Waals surface area contributed by atoms with E-state index < -0.39 is 0 Å². The Balaban J connectivity index is 4.13. The molecule has 0 aliphatic rings. The fourth-order valence-electron chi connectivity index (χ4n) is 3.27.